The van der Waals surface area contributed by atoms with E-state index in [1.165, 1.54) is 4.90 Å². The monoisotopic (exact) mass is 655 g/mol. The molecule has 2 unspecified atom stereocenters. The number of carboxylic acids is 1. The Kier molecular flexibility index (Phi) is 12.0. The van der Waals surface area contributed by atoms with Crippen molar-refractivity contribution in [3.05, 3.63) is 41.0 Å². The fourth-order valence-electron chi connectivity index (χ4n) is 6.33. The van der Waals surface area contributed by atoms with E-state index in [1.54, 1.807) is 11.3 Å². The van der Waals surface area contributed by atoms with Gasteiger partial charge in [-0.15, -0.1) is 11.3 Å². The van der Waals surface area contributed by atoms with E-state index in [2.05, 4.69) is 20.5 Å². The number of carboxylic acid groups (broad SMARTS) is 1. The summed E-state index contributed by atoms with van der Waals surface area (Å²) in [5, 5.41) is 25.4. The number of carbonyl (C=O) groups is 4. The molecule has 2 aliphatic rings. The molecule has 4 N–H and O–H groups in total. The summed E-state index contributed by atoms with van der Waals surface area (Å²) in [6.07, 6.45) is 2.21. The first kappa shape index (κ1) is 35.5. The molecule has 0 bridgehead atoms. The van der Waals surface area contributed by atoms with Gasteiger partial charge in [0.15, 0.2) is 0 Å². The minimum atomic E-state index is -0.873. The summed E-state index contributed by atoms with van der Waals surface area (Å²) in [7, 11) is 0. The summed E-state index contributed by atoms with van der Waals surface area (Å²) in [5.41, 5.74) is 4.14. The summed E-state index contributed by atoms with van der Waals surface area (Å²) in [4.78, 5) is 60.5. The van der Waals surface area contributed by atoms with E-state index >= 15 is 0 Å². The first-order chi connectivity index (χ1) is 21.7. The molecule has 2 aromatic rings. The maximum atomic E-state index is 13.9. The van der Waals surface area contributed by atoms with Crippen LogP contribution in [0.1, 0.15) is 83.5 Å². The van der Waals surface area contributed by atoms with Gasteiger partial charge in [0.2, 0.25) is 17.7 Å². The first-order valence-corrected chi connectivity index (χ1v) is 17.1. The van der Waals surface area contributed by atoms with Gasteiger partial charge in [0.25, 0.3) is 0 Å². The third kappa shape index (κ3) is 9.36. The van der Waals surface area contributed by atoms with E-state index in [4.69, 9.17) is 5.11 Å². The molecule has 4 atom stereocenters. The van der Waals surface area contributed by atoms with Crippen molar-refractivity contribution in [2.75, 3.05) is 26.2 Å². The van der Waals surface area contributed by atoms with Crippen molar-refractivity contribution in [3.8, 4) is 10.4 Å². The Morgan fingerprint density at radius 3 is 2.33 bits per heavy atom. The number of amides is 3. The third-order valence-electron chi connectivity index (χ3n) is 9.19. The van der Waals surface area contributed by atoms with Crippen LogP contribution in [-0.4, -0.2) is 93.1 Å². The molecule has 0 saturated carbocycles. The summed E-state index contributed by atoms with van der Waals surface area (Å²) in [6, 6.07) is 5.91. The van der Waals surface area contributed by atoms with Crippen LogP contribution in [-0.2, 0) is 19.2 Å². The van der Waals surface area contributed by atoms with Gasteiger partial charge in [0, 0.05) is 32.4 Å². The maximum absolute atomic E-state index is 13.9. The fraction of sp³-hybridized carbons (Fsp3) is 0.618. The van der Waals surface area contributed by atoms with Crippen LogP contribution in [0.4, 0.5) is 0 Å². The number of hydrogen-bond donors (Lipinski definition) is 4. The average Bonchev–Trinajstić information content (AvgIpc) is 3.62. The Balaban J connectivity index is 1.33. The van der Waals surface area contributed by atoms with Gasteiger partial charge in [-0.2, -0.15) is 0 Å². The predicted octanol–water partition coefficient (Wildman–Crippen LogP) is 3.76. The number of aliphatic hydroxyl groups excluding tert-OH is 1. The molecule has 12 heteroatoms. The molecular weight excluding hydrogens is 606 g/mol. The number of rotatable bonds is 12. The largest absolute Gasteiger partial charge is 0.481 e. The molecule has 3 amide bonds. The van der Waals surface area contributed by atoms with E-state index < -0.39 is 29.6 Å². The number of β-amino-alcohol motifs (C(OH)–C–C–N with tert-alkyl or cyclic N) is 1. The second-order valence-corrected chi connectivity index (χ2v) is 14.7. The van der Waals surface area contributed by atoms with Crippen LogP contribution >= 0.6 is 11.3 Å². The number of likely N-dealkylation sites (tertiary alicyclic amines) is 2. The lowest BCUT2D eigenvalue weighted by Gasteiger charge is -2.36. The van der Waals surface area contributed by atoms with E-state index in [1.807, 2.05) is 64.4 Å². The highest BCUT2D eigenvalue weighted by Gasteiger charge is 2.44. The van der Waals surface area contributed by atoms with Crippen LogP contribution in [0.15, 0.2) is 29.8 Å². The quantitative estimate of drug-likeness (QED) is 0.270. The topological polar surface area (TPSA) is 152 Å². The Labute approximate surface area is 275 Å². The number of piperidine rings is 1. The van der Waals surface area contributed by atoms with Gasteiger partial charge in [-0.1, -0.05) is 45.0 Å². The van der Waals surface area contributed by atoms with Crippen LogP contribution in [0.2, 0.25) is 0 Å². The van der Waals surface area contributed by atoms with Crippen LogP contribution in [0.5, 0.6) is 0 Å². The zero-order chi connectivity index (χ0) is 33.6. The Bertz CT molecular complexity index is 1360. The highest BCUT2D eigenvalue weighted by atomic mass is 32.1. The van der Waals surface area contributed by atoms with Crippen LogP contribution in [0.3, 0.4) is 0 Å². The smallest absolute Gasteiger partial charge is 0.303 e. The molecule has 0 radical (unpaired) electrons. The number of aryl methyl sites for hydroxylation is 1. The zero-order valence-electron chi connectivity index (χ0n) is 27.6. The minimum Gasteiger partial charge on any atom is -0.481 e. The van der Waals surface area contributed by atoms with Gasteiger partial charge in [-0.05, 0) is 68.7 Å². The van der Waals surface area contributed by atoms with Crippen LogP contribution in [0, 0.1) is 18.3 Å². The van der Waals surface area contributed by atoms with Gasteiger partial charge in [-0.25, -0.2) is 4.98 Å². The van der Waals surface area contributed by atoms with Gasteiger partial charge in [-0.3, -0.25) is 19.2 Å². The average molecular weight is 656 g/mol. The van der Waals surface area contributed by atoms with E-state index in [-0.39, 0.29) is 49.6 Å². The molecule has 1 aromatic carbocycles. The zero-order valence-corrected chi connectivity index (χ0v) is 28.4. The maximum Gasteiger partial charge on any atom is 0.303 e. The summed E-state index contributed by atoms with van der Waals surface area (Å²) >= 11 is 1.58. The number of aliphatic carboxylic acids is 1. The molecule has 0 spiro atoms. The summed E-state index contributed by atoms with van der Waals surface area (Å²) in [6.45, 7) is 11.7. The number of aliphatic hydroxyl groups is 1. The molecule has 46 heavy (non-hydrogen) atoms. The van der Waals surface area contributed by atoms with Gasteiger partial charge >= 0.3 is 5.97 Å². The predicted molar refractivity (Wildman–Crippen MR) is 177 cm³/mol. The standard InChI is InChI=1S/C34H49N5O6S/c1-21(24-7-9-25(10-8-24)30-22(2)35-20-46-30)36-32(44)27-18-26(40)19-39(27)33(45)31(34(3,4)5)37-28(41)14-17-38-15-12-23(13-16-38)6-11-29(42)43/h7-10,20-21,23,26-27,31,40H,6,11-19H2,1-5H3,(H,36,44)(H,37,41)(H,42,43)/t21?,26-,27+,31?/m1/s1. The van der Waals surface area contributed by atoms with E-state index in [9.17, 15) is 24.3 Å². The molecule has 1 aromatic heterocycles. The number of nitrogens with one attached hydrogen (secondary N) is 2. The van der Waals surface area contributed by atoms with Crippen LogP contribution in [0.25, 0.3) is 10.4 Å². The summed E-state index contributed by atoms with van der Waals surface area (Å²) in [5.74, 6) is -1.34. The van der Waals surface area contributed by atoms with E-state index in [0.717, 1.165) is 47.6 Å². The third-order valence-corrected chi connectivity index (χ3v) is 10.2. The second kappa shape index (κ2) is 15.5. The van der Waals surface area contributed by atoms with Crippen molar-refractivity contribution in [2.24, 2.45) is 11.3 Å². The lowest BCUT2D eigenvalue weighted by Crippen LogP contribution is -2.58. The summed E-state index contributed by atoms with van der Waals surface area (Å²) < 4.78 is 0. The van der Waals surface area contributed by atoms with Crippen molar-refractivity contribution in [3.63, 3.8) is 0 Å². The molecule has 11 nitrogen and oxygen atoms in total. The van der Waals surface area contributed by atoms with Crippen LogP contribution < -0.4 is 10.6 Å². The highest BCUT2D eigenvalue weighted by Crippen LogP contribution is 2.30. The minimum absolute atomic E-state index is 0.0213. The number of hydrogen-bond acceptors (Lipinski definition) is 8. The number of carbonyl (C=O) groups excluding carboxylic acids is 3. The van der Waals surface area contributed by atoms with Crippen molar-refractivity contribution < 1.29 is 29.4 Å². The highest BCUT2D eigenvalue weighted by molar-refractivity contribution is 7.13. The lowest BCUT2D eigenvalue weighted by atomic mass is 9.85. The van der Waals surface area contributed by atoms with Crippen molar-refractivity contribution in [1.82, 2.24) is 25.4 Å². The van der Waals surface area contributed by atoms with Gasteiger partial charge in [0.1, 0.15) is 12.1 Å². The Morgan fingerprint density at radius 2 is 1.74 bits per heavy atom. The molecular formula is C34H49N5O6S. The SMILES string of the molecule is Cc1ncsc1-c1ccc(C(C)NC(=O)[C@@H]2C[C@@H](O)CN2C(=O)C(NC(=O)CCN2CCC(CCC(=O)O)CC2)C(C)(C)C)cc1. The Hall–Kier alpha value is -3.35. The van der Waals surface area contributed by atoms with Gasteiger partial charge in [0.05, 0.1) is 28.2 Å². The normalized spacial score (nSPS) is 20.7. The molecule has 4 rings (SSSR count). The lowest BCUT2D eigenvalue weighted by molar-refractivity contribution is -0.144. The molecule has 2 saturated heterocycles. The van der Waals surface area contributed by atoms with Gasteiger partial charge < -0.3 is 30.6 Å². The second-order valence-electron chi connectivity index (χ2n) is 13.8. The molecule has 2 aliphatic heterocycles. The fourth-order valence-corrected chi connectivity index (χ4v) is 7.15. The molecule has 0 aliphatic carbocycles. The number of aromatic nitrogens is 1. The van der Waals surface area contributed by atoms with Crippen molar-refractivity contribution in [1.29, 1.82) is 0 Å². The number of benzene rings is 1. The molecule has 2 fully saturated rings. The molecule has 252 valence electrons. The number of nitrogens with zero attached hydrogens (tertiary/aromatic N) is 3. The molecule has 3 heterocycles. The van der Waals surface area contributed by atoms with E-state index in [0.29, 0.717) is 18.9 Å². The van der Waals surface area contributed by atoms with Crippen molar-refractivity contribution >= 4 is 35.0 Å². The number of thiazole rings is 1. The first-order valence-electron chi connectivity index (χ1n) is 16.3. The van der Waals surface area contributed by atoms with Crippen molar-refractivity contribution in [2.45, 2.75) is 97.4 Å². The Morgan fingerprint density at radius 1 is 1.07 bits per heavy atom.